The number of methoxy groups -OCH3 is 1. The minimum Gasteiger partial charge on any atom is -0.383 e. The summed E-state index contributed by atoms with van der Waals surface area (Å²) in [7, 11) is 1.66. The zero-order chi connectivity index (χ0) is 25.3. The molecule has 2 aromatic rings. The molecule has 3 atom stereocenters. The molecule has 3 aliphatic carbocycles. The highest BCUT2D eigenvalue weighted by atomic mass is 16.5. The van der Waals surface area contributed by atoms with Crippen LogP contribution in [-0.4, -0.2) is 72.0 Å². The number of hydrogen-bond acceptors (Lipinski definition) is 5. The Labute approximate surface area is 214 Å². The van der Waals surface area contributed by atoms with Crippen molar-refractivity contribution in [2.24, 2.45) is 23.2 Å². The van der Waals surface area contributed by atoms with E-state index >= 15 is 0 Å². The van der Waals surface area contributed by atoms with E-state index < -0.39 is 0 Å². The summed E-state index contributed by atoms with van der Waals surface area (Å²) in [4.78, 5) is 33.1. The SMILES string of the molecule is COCCN(C(=O)Cc1cn2c(C(=O)NC[C@@H]3CC[C@@H]4C[C@H]3C4(C)C)cccc2n1)C1CCNCC1. The van der Waals surface area contributed by atoms with Gasteiger partial charge in [0.1, 0.15) is 11.3 Å². The molecule has 8 nitrogen and oxygen atoms in total. The molecule has 0 radical (unpaired) electrons. The van der Waals surface area contributed by atoms with Crippen LogP contribution in [0.2, 0.25) is 0 Å². The fourth-order valence-electron chi connectivity index (χ4n) is 6.93. The van der Waals surface area contributed by atoms with Crippen molar-refractivity contribution in [1.29, 1.82) is 0 Å². The Morgan fingerprint density at radius 3 is 2.75 bits per heavy atom. The molecule has 0 spiro atoms. The summed E-state index contributed by atoms with van der Waals surface area (Å²) in [5.41, 5.74) is 2.35. The van der Waals surface area contributed by atoms with E-state index in [0.717, 1.165) is 38.4 Å². The molecule has 4 aliphatic rings. The fraction of sp³-hybridized carbons (Fsp3) is 0.679. The normalized spacial score (nSPS) is 25.4. The van der Waals surface area contributed by atoms with Gasteiger partial charge < -0.3 is 20.3 Å². The number of nitrogens with zero attached hydrogens (tertiary/aromatic N) is 3. The molecule has 6 rings (SSSR count). The van der Waals surface area contributed by atoms with Gasteiger partial charge in [-0.2, -0.15) is 0 Å². The van der Waals surface area contributed by atoms with Gasteiger partial charge in [-0.1, -0.05) is 19.9 Å². The van der Waals surface area contributed by atoms with Crippen molar-refractivity contribution >= 4 is 17.5 Å². The summed E-state index contributed by atoms with van der Waals surface area (Å²) < 4.78 is 7.09. The maximum atomic E-state index is 13.3. The fourth-order valence-corrected chi connectivity index (χ4v) is 6.93. The molecule has 1 saturated heterocycles. The number of aromatic nitrogens is 2. The lowest BCUT2D eigenvalue weighted by atomic mass is 9.45. The lowest BCUT2D eigenvalue weighted by Gasteiger charge is -2.60. The number of amides is 2. The standard InChI is InChI=1S/C28H41N5O3/c1-28(2)20-8-7-19(23(28)15-20)17-30-27(35)24-5-4-6-25-31-21(18-33(24)25)16-26(34)32(13-14-36-3)22-9-11-29-12-10-22/h4-6,18-20,22-23,29H,7-17H2,1-3H3,(H,30,35)/t19-,20+,23+/m0/s1. The number of imidazole rings is 1. The number of ether oxygens (including phenoxy) is 1. The van der Waals surface area contributed by atoms with E-state index in [1.165, 1.54) is 19.3 Å². The van der Waals surface area contributed by atoms with E-state index in [2.05, 4.69) is 29.5 Å². The van der Waals surface area contributed by atoms with Crippen molar-refractivity contribution in [1.82, 2.24) is 24.9 Å². The molecule has 4 fully saturated rings. The molecule has 2 aromatic heterocycles. The van der Waals surface area contributed by atoms with Crippen molar-refractivity contribution in [2.45, 2.75) is 58.4 Å². The van der Waals surface area contributed by atoms with Crippen molar-refractivity contribution in [3.8, 4) is 0 Å². The summed E-state index contributed by atoms with van der Waals surface area (Å²) in [6.45, 7) is 8.45. The average Bonchev–Trinajstić information content (AvgIpc) is 3.30. The van der Waals surface area contributed by atoms with Crippen LogP contribution in [0.15, 0.2) is 24.4 Å². The Hall–Kier alpha value is -2.45. The Morgan fingerprint density at radius 1 is 1.22 bits per heavy atom. The maximum Gasteiger partial charge on any atom is 0.268 e. The van der Waals surface area contributed by atoms with E-state index in [1.807, 2.05) is 33.7 Å². The Morgan fingerprint density at radius 2 is 2.03 bits per heavy atom. The highest BCUT2D eigenvalue weighted by Crippen LogP contribution is 2.61. The highest BCUT2D eigenvalue weighted by molar-refractivity contribution is 5.93. The van der Waals surface area contributed by atoms with Gasteiger partial charge in [0, 0.05) is 32.4 Å². The van der Waals surface area contributed by atoms with Crippen LogP contribution in [0.1, 0.15) is 62.1 Å². The third kappa shape index (κ3) is 4.90. The third-order valence-electron chi connectivity index (χ3n) is 9.24. The van der Waals surface area contributed by atoms with Gasteiger partial charge in [-0.25, -0.2) is 4.98 Å². The second-order valence-electron chi connectivity index (χ2n) is 11.5. The van der Waals surface area contributed by atoms with Crippen LogP contribution in [0.25, 0.3) is 5.65 Å². The van der Waals surface area contributed by atoms with Crippen LogP contribution in [0.5, 0.6) is 0 Å². The van der Waals surface area contributed by atoms with Gasteiger partial charge in [-0.3, -0.25) is 14.0 Å². The van der Waals surface area contributed by atoms with Gasteiger partial charge in [0.25, 0.3) is 5.91 Å². The number of carbonyl (C=O) groups is 2. The molecular weight excluding hydrogens is 454 g/mol. The van der Waals surface area contributed by atoms with E-state index in [9.17, 15) is 9.59 Å². The molecular formula is C28H41N5O3. The van der Waals surface area contributed by atoms with Crippen molar-refractivity contribution in [3.63, 3.8) is 0 Å². The first-order chi connectivity index (χ1) is 17.4. The Balaban J connectivity index is 1.26. The van der Waals surface area contributed by atoms with Gasteiger partial charge >= 0.3 is 0 Å². The van der Waals surface area contributed by atoms with Crippen LogP contribution in [0, 0.1) is 23.2 Å². The van der Waals surface area contributed by atoms with Crippen LogP contribution in [-0.2, 0) is 16.0 Å². The van der Waals surface area contributed by atoms with Gasteiger partial charge in [-0.05, 0) is 80.5 Å². The van der Waals surface area contributed by atoms with Crippen LogP contribution >= 0.6 is 0 Å². The molecule has 1 aliphatic heterocycles. The maximum absolute atomic E-state index is 13.3. The smallest absolute Gasteiger partial charge is 0.268 e. The lowest BCUT2D eigenvalue weighted by molar-refractivity contribution is -0.134. The lowest BCUT2D eigenvalue weighted by Crippen LogP contribution is -2.54. The molecule has 3 heterocycles. The highest BCUT2D eigenvalue weighted by Gasteiger charge is 2.53. The quantitative estimate of drug-likeness (QED) is 0.559. The van der Waals surface area contributed by atoms with Crippen molar-refractivity contribution in [2.75, 3.05) is 39.9 Å². The second kappa shape index (κ2) is 10.5. The number of rotatable bonds is 9. The topological polar surface area (TPSA) is 88.0 Å². The summed E-state index contributed by atoms with van der Waals surface area (Å²) in [6, 6.07) is 5.81. The molecule has 3 saturated carbocycles. The first-order valence-corrected chi connectivity index (χ1v) is 13.6. The minimum absolute atomic E-state index is 0.0621. The summed E-state index contributed by atoms with van der Waals surface area (Å²) >= 11 is 0. The predicted octanol–water partition coefficient (Wildman–Crippen LogP) is 2.91. The van der Waals surface area contributed by atoms with Crippen molar-refractivity contribution in [3.05, 3.63) is 35.8 Å². The monoisotopic (exact) mass is 495 g/mol. The van der Waals surface area contributed by atoms with Crippen LogP contribution in [0.3, 0.4) is 0 Å². The van der Waals surface area contributed by atoms with Gasteiger partial charge in [0.2, 0.25) is 5.91 Å². The molecule has 0 unspecified atom stereocenters. The molecule has 8 heteroatoms. The van der Waals surface area contributed by atoms with E-state index in [4.69, 9.17) is 4.74 Å². The first-order valence-electron chi connectivity index (χ1n) is 13.6. The Kier molecular flexibility index (Phi) is 7.35. The number of fused-ring (bicyclic) bond motifs is 3. The number of carbonyl (C=O) groups excluding carboxylic acids is 2. The van der Waals surface area contributed by atoms with Gasteiger partial charge in [0.15, 0.2) is 0 Å². The van der Waals surface area contributed by atoms with Gasteiger partial charge in [-0.15, -0.1) is 0 Å². The molecule has 196 valence electrons. The molecule has 0 aromatic carbocycles. The van der Waals surface area contributed by atoms with E-state index in [-0.39, 0.29) is 24.3 Å². The number of piperidine rings is 1. The zero-order valence-corrected chi connectivity index (χ0v) is 22.0. The van der Waals surface area contributed by atoms with Crippen molar-refractivity contribution < 1.29 is 14.3 Å². The number of nitrogens with one attached hydrogen (secondary N) is 2. The molecule has 36 heavy (non-hydrogen) atoms. The average molecular weight is 496 g/mol. The van der Waals surface area contributed by atoms with E-state index in [1.54, 1.807) is 7.11 Å². The van der Waals surface area contributed by atoms with Gasteiger partial charge in [0.05, 0.1) is 18.7 Å². The molecule has 2 N–H and O–H groups in total. The summed E-state index contributed by atoms with van der Waals surface area (Å²) in [5.74, 6) is 2.10. The number of hydrogen-bond donors (Lipinski definition) is 2. The predicted molar refractivity (Wildman–Crippen MR) is 139 cm³/mol. The third-order valence-corrected chi connectivity index (χ3v) is 9.24. The summed E-state index contributed by atoms with van der Waals surface area (Å²) in [6.07, 6.45) is 7.75. The molecule has 2 amide bonds. The number of pyridine rings is 1. The zero-order valence-electron chi connectivity index (χ0n) is 22.0. The van der Waals surface area contributed by atoms with Crippen LogP contribution < -0.4 is 10.6 Å². The molecule has 2 bridgehead atoms. The minimum atomic E-state index is -0.0773. The van der Waals surface area contributed by atoms with Crippen LogP contribution in [0.4, 0.5) is 0 Å². The second-order valence-corrected chi connectivity index (χ2v) is 11.5. The largest absolute Gasteiger partial charge is 0.383 e. The Bertz CT molecular complexity index is 1090. The van der Waals surface area contributed by atoms with E-state index in [0.29, 0.717) is 47.4 Å². The first kappa shape index (κ1) is 25.2. The summed E-state index contributed by atoms with van der Waals surface area (Å²) in [5, 5.41) is 6.57.